The van der Waals surface area contributed by atoms with E-state index in [4.69, 9.17) is 16.3 Å². The summed E-state index contributed by atoms with van der Waals surface area (Å²) in [6, 6.07) is 12.6. The van der Waals surface area contributed by atoms with E-state index in [0.29, 0.717) is 25.5 Å². The van der Waals surface area contributed by atoms with E-state index in [1.807, 2.05) is 0 Å². The number of nitrogens with zero attached hydrogens (tertiary/aromatic N) is 3. The molecular formula is C16H10ClN3O3. The quantitative estimate of drug-likeness (QED) is 0.677. The lowest BCUT2D eigenvalue weighted by Crippen LogP contribution is -2.24. The van der Waals surface area contributed by atoms with Crippen LogP contribution in [0, 0.1) is 21.4 Å². The van der Waals surface area contributed by atoms with E-state index in [-0.39, 0.29) is 22.4 Å². The number of rotatable bonds is 2. The van der Waals surface area contributed by atoms with Crippen LogP contribution in [0.15, 0.2) is 42.5 Å². The fourth-order valence-corrected chi connectivity index (χ4v) is 2.48. The van der Waals surface area contributed by atoms with Gasteiger partial charge >= 0.3 is 5.69 Å². The Morgan fingerprint density at radius 3 is 2.57 bits per heavy atom. The first-order valence-electron chi connectivity index (χ1n) is 6.59. The first-order chi connectivity index (χ1) is 11.1. The summed E-state index contributed by atoms with van der Waals surface area (Å²) in [5, 5.41) is 22.6. The second kappa shape index (κ2) is 5.63. The Morgan fingerprint density at radius 1 is 1.26 bits per heavy atom. The van der Waals surface area contributed by atoms with E-state index in [1.165, 1.54) is 19.2 Å². The number of aromatic nitrogens is 2. The molecule has 23 heavy (non-hydrogen) atoms. The third-order valence-corrected chi connectivity index (χ3v) is 3.73. The summed E-state index contributed by atoms with van der Waals surface area (Å²) in [5.74, 6) is 0.439. The number of halogens is 1. The van der Waals surface area contributed by atoms with E-state index in [2.05, 4.69) is 0 Å². The zero-order chi connectivity index (χ0) is 16.6. The SMILES string of the molecule is COc1ccc2c(c1)n([O-])c(-c1ccc(Cl)cc1)c(C#N)[n+]2=O. The maximum atomic E-state index is 12.7. The molecule has 7 heteroatoms. The van der Waals surface area contributed by atoms with Crippen LogP contribution in [0.5, 0.6) is 5.75 Å². The average Bonchev–Trinajstić information content (AvgIpc) is 2.58. The van der Waals surface area contributed by atoms with Gasteiger partial charge in [0.15, 0.2) is 6.07 Å². The third-order valence-electron chi connectivity index (χ3n) is 3.47. The summed E-state index contributed by atoms with van der Waals surface area (Å²) in [6.07, 6.45) is 0. The van der Waals surface area contributed by atoms with Crippen LogP contribution in [-0.2, 0) is 0 Å². The van der Waals surface area contributed by atoms with Crippen molar-refractivity contribution in [2.75, 3.05) is 7.11 Å². The van der Waals surface area contributed by atoms with Crippen molar-refractivity contribution in [1.82, 2.24) is 4.73 Å². The lowest BCUT2D eigenvalue weighted by Gasteiger charge is -2.18. The smallest absolute Gasteiger partial charge is 0.363 e. The van der Waals surface area contributed by atoms with Crippen LogP contribution in [0.25, 0.3) is 22.3 Å². The summed E-state index contributed by atoms with van der Waals surface area (Å²) in [6.45, 7) is 0. The van der Waals surface area contributed by atoms with Gasteiger partial charge in [-0.15, -0.1) is 0 Å². The summed E-state index contributed by atoms with van der Waals surface area (Å²) in [4.78, 5) is 12.4. The van der Waals surface area contributed by atoms with Gasteiger partial charge in [-0.05, 0) is 18.2 Å². The largest absolute Gasteiger partial charge is 0.805 e. The fourth-order valence-electron chi connectivity index (χ4n) is 2.36. The van der Waals surface area contributed by atoms with Crippen molar-refractivity contribution in [2.24, 2.45) is 0 Å². The van der Waals surface area contributed by atoms with E-state index in [1.54, 1.807) is 36.4 Å². The zero-order valence-electron chi connectivity index (χ0n) is 12.0. The highest BCUT2D eigenvalue weighted by Gasteiger charge is 2.23. The molecule has 114 valence electrons. The number of nitriles is 1. The monoisotopic (exact) mass is 327 g/mol. The van der Waals surface area contributed by atoms with Crippen molar-refractivity contribution in [1.29, 1.82) is 5.26 Å². The van der Waals surface area contributed by atoms with Crippen LogP contribution in [0.4, 0.5) is 0 Å². The van der Waals surface area contributed by atoms with Crippen molar-refractivity contribution < 1.29 is 9.16 Å². The molecule has 0 amide bonds. The lowest BCUT2D eigenvalue weighted by atomic mass is 10.1. The molecule has 6 nitrogen and oxygen atoms in total. The predicted molar refractivity (Wildman–Crippen MR) is 85.8 cm³/mol. The summed E-state index contributed by atoms with van der Waals surface area (Å²) in [7, 11) is 1.46. The van der Waals surface area contributed by atoms with Crippen LogP contribution in [0.3, 0.4) is 0 Å². The Hall–Kier alpha value is -3.04. The second-order valence-corrected chi connectivity index (χ2v) is 5.20. The molecule has 2 aromatic carbocycles. The minimum atomic E-state index is -0.278. The van der Waals surface area contributed by atoms with Crippen molar-refractivity contribution in [3.05, 3.63) is 63.3 Å². The van der Waals surface area contributed by atoms with E-state index >= 15 is 0 Å². The van der Waals surface area contributed by atoms with E-state index in [9.17, 15) is 15.4 Å². The molecule has 1 heterocycles. The van der Waals surface area contributed by atoms with Gasteiger partial charge in [-0.2, -0.15) is 5.26 Å². The Kier molecular flexibility index (Phi) is 3.64. The van der Waals surface area contributed by atoms with Crippen LogP contribution in [-0.4, -0.2) is 11.8 Å². The Bertz CT molecular complexity index is 1000. The van der Waals surface area contributed by atoms with Crippen LogP contribution >= 0.6 is 11.6 Å². The van der Waals surface area contributed by atoms with Crippen LogP contribution in [0.2, 0.25) is 5.02 Å². The summed E-state index contributed by atoms with van der Waals surface area (Å²) >= 11 is 5.85. The van der Waals surface area contributed by atoms with Gasteiger partial charge in [0, 0.05) is 27.6 Å². The molecule has 0 bridgehead atoms. The molecule has 0 saturated carbocycles. The van der Waals surface area contributed by atoms with Gasteiger partial charge in [0.1, 0.15) is 17.0 Å². The van der Waals surface area contributed by atoms with Gasteiger partial charge < -0.3 is 14.7 Å². The Labute approximate surface area is 135 Å². The molecule has 0 aliphatic rings. The van der Waals surface area contributed by atoms with Gasteiger partial charge in [0.2, 0.25) is 0 Å². The highest BCUT2D eigenvalue weighted by molar-refractivity contribution is 6.30. The maximum Gasteiger partial charge on any atom is 0.363 e. The second-order valence-electron chi connectivity index (χ2n) is 4.76. The first-order valence-corrected chi connectivity index (χ1v) is 6.97. The number of ether oxygens (including phenoxy) is 1. The van der Waals surface area contributed by atoms with Crippen LogP contribution in [0.1, 0.15) is 5.69 Å². The summed E-state index contributed by atoms with van der Waals surface area (Å²) in [5.41, 5.74) is 0.327. The van der Waals surface area contributed by atoms with Crippen LogP contribution < -0.4 is 9.16 Å². The number of benzene rings is 2. The van der Waals surface area contributed by atoms with Crippen molar-refractivity contribution in [2.45, 2.75) is 0 Å². The topological polar surface area (TPSA) is 84.0 Å². The molecule has 0 fully saturated rings. The molecule has 0 aliphatic heterocycles. The van der Waals surface area contributed by atoms with Crippen molar-refractivity contribution >= 4 is 22.6 Å². The highest BCUT2D eigenvalue weighted by Crippen LogP contribution is 2.27. The van der Waals surface area contributed by atoms with Gasteiger partial charge in [-0.1, -0.05) is 23.7 Å². The Morgan fingerprint density at radius 2 is 1.96 bits per heavy atom. The third kappa shape index (κ3) is 2.37. The molecule has 0 aliphatic carbocycles. The van der Waals surface area contributed by atoms with Crippen molar-refractivity contribution in [3.8, 4) is 23.1 Å². The number of methoxy groups -OCH3 is 1. The van der Waals surface area contributed by atoms with Gasteiger partial charge in [-0.3, -0.25) is 0 Å². The minimum absolute atomic E-state index is 0.0279. The standard InChI is InChI=1S/C16H10ClN3O3/c1-23-12-6-7-13-14(8-12)20(22)16(15(9-18)19(13)21)10-2-4-11(17)5-3-10/h2-8H,1H3. The van der Waals surface area contributed by atoms with E-state index < -0.39 is 0 Å². The van der Waals surface area contributed by atoms with E-state index in [0.717, 1.165) is 0 Å². The molecule has 1 aromatic heterocycles. The summed E-state index contributed by atoms with van der Waals surface area (Å²) < 4.78 is 6.10. The molecule has 3 aromatic rings. The minimum Gasteiger partial charge on any atom is -0.805 e. The van der Waals surface area contributed by atoms with Crippen molar-refractivity contribution in [3.63, 3.8) is 0 Å². The van der Waals surface area contributed by atoms with Gasteiger partial charge in [0.05, 0.1) is 11.5 Å². The predicted octanol–water partition coefficient (Wildman–Crippen LogP) is 3.10. The average molecular weight is 328 g/mol. The number of hydrogen-bond donors (Lipinski definition) is 0. The molecule has 3 rings (SSSR count). The number of hydrogen-bond acceptors (Lipinski definition) is 4. The fraction of sp³-hybridized carbons (Fsp3) is 0.0625. The van der Waals surface area contributed by atoms with Gasteiger partial charge in [0.25, 0.3) is 5.52 Å². The molecule has 0 N–H and O–H groups in total. The first kappa shape index (κ1) is 14.9. The van der Waals surface area contributed by atoms with Gasteiger partial charge in [-0.25, -0.2) is 0 Å². The molecule has 0 unspecified atom stereocenters. The Balaban J connectivity index is 2.45. The normalized spacial score (nSPS) is 10.5. The zero-order valence-corrected chi connectivity index (χ0v) is 12.7. The molecular weight excluding hydrogens is 318 g/mol. The molecule has 0 radical (unpaired) electrons. The highest BCUT2D eigenvalue weighted by atomic mass is 35.5. The number of fused-ring (bicyclic) bond motifs is 1. The maximum absolute atomic E-state index is 12.7. The molecule has 0 saturated heterocycles. The molecule has 0 atom stereocenters. The molecule has 0 spiro atoms. The lowest BCUT2D eigenvalue weighted by molar-refractivity contribution is -0.467.